The molecule has 1 aliphatic rings. The molecule has 2 rings (SSSR count). The molecule has 0 bridgehead atoms. The van der Waals surface area contributed by atoms with E-state index in [9.17, 15) is 13.2 Å². The molecule has 0 aromatic heterocycles. The Morgan fingerprint density at radius 1 is 1.32 bits per heavy atom. The monoisotopic (exact) mass is 338 g/mol. The van der Waals surface area contributed by atoms with Crippen LogP contribution in [0.2, 0.25) is 0 Å². The maximum absolute atomic E-state index is 12.9. The van der Waals surface area contributed by atoms with Crippen LogP contribution in [-0.2, 0) is 15.7 Å². The molecular weight excluding hydrogens is 329 g/mol. The number of hydrogen-bond donors (Lipinski definition) is 0. The van der Waals surface area contributed by atoms with Crippen molar-refractivity contribution in [1.29, 1.82) is 0 Å². The molecule has 0 saturated heterocycles. The van der Waals surface area contributed by atoms with Crippen LogP contribution in [0.5, 0.6) is 5.75 Å². The molecule has 4 nitrogen and oxygen atoms in total. The molecule has 1 heterocycles. The maximum atomic E-state index is 12.9. The molecule has 0 atom stereocenters. The molecule has 1 aliphatic heterocycles. The van der Waals surface area contributed by atoms with E-state index in [1.165, 1.54) is 19.2 Å². The van der Waals surface area contributed by atoms with Gasteiger partial charge < -0.3 is 9.47 Å². The molecule has 0 amide bonds. The largest absolute Gasteiger partial charge is 0.467 e. The summed E-state index contributed by atoms with van der Waals surface area (Å²) in [5, 5.41) is 6.77. The summed E-state index contributed by atoms with van der Waals surface area (Å²) in [6.45, 7) is -0.0449. The molecule has 1 aromatic rings. The van der Waals surface area contributed by atoms with E-state index >= 15 is 0 Å². The van der Waals surface area contributed by atoms with Gasteiger partial charge >= 0.3 is 11.8 Å². The average Bonchev–Trinajstić information content (AvgIpc) is 3.16. The second kappa shape index (κ2) is 5.09. The number of ether oxygens (including phenoxy) is 2. The highest BCUT2D eigenvalue weighted by atomic mass is 79.9. The summed E-state index contributed by atoms with van der Waals surface area (Å²) in [7, 11) is 1.43. The Labute approximate surface area is 115 Å². The number of benzene rings is 1. The Balaban J connectivity index is 2.33. The van der Waals surface area contributed by atoms with Crippen LogP contribution >= 0.6 is 15.9 Å². The lowest BCUT2D eigenvalue weighted by molar-refractivity contribution is -0.166. The zero-order valence-corrected chi connectivity index (χ0v) is 11.5. The van der Waals surface area contributed by atoms with Gasteiger partial charge in [-0.1, -0.05) is 28.1 Å². The van der Waals surface area contributed by atoms with Crippen LogP contribution in [0, 0.1) is 0 Å². The number of halogens is 4. The lowest BCUT2D eigenvalue weighted by Crippen LogP contribution is -2.30. The van der Waals surface area contributed by atoms with Gasteiger partial charge in [-0.2, -0.15) is 13.2 Å². The van der Waals surface area contributed by atoms with Crippen molar-refractivity contribution in [3.8, 4) is 5.75 Å². The minimum atomic E-state index is -4.54. The number of alkyl halides is 4. The fraction of sp³-hybridized carbons (Fsp3) is 0.455. The smallest absolute Gasteiger partial charge is 0.442 e. The molecule has 8 heteroatoms. The van der Waals surface area contributed by atoms with E-state index in [0.717, 1.165) is 5.56 Å². The van der Waals surface area contributed by atoms with E-state index in [0.29, 0.717) is 11.1 Å². The summed E-state index contributed by atoms with van der Waals surface area (Å²) in [5.74, 6) is 0.317. The molecule has 0 N–H and O–H groups in total. The second-order valence-electron chi connectivity index (χ2n) is 3.88. The highest BCUT2D eigenvalue weighted by molar-refractivity contribution is 9.08. The molecular formula is C11H10BrF3N2O2. The molecule has 19 heavy (non-hydrogen) atoms. The summed E-state index contributed by atoms with van der Waals surface area (Å²) in [4.78, 5) is 0. The number of methoxy groups -OCH3 is 1. The average molecular weight is 339 g/mol. The normalized spacial score (nSPS) is 16.5. The molecule has 0 radical (unpaired) electrons. The standard InChI is InChI=1S/C11H10BrF3N2O2/c1-18-6-19-9-4-8(3-2-7(9)5-12)10(16-17-10)11(13,14)15/h2-4H,5-6H2,1H3. The summed E-state index contributed by atoms with van der Waals surface area (Å²) in [6.07, 6.45) is -4.54. The first-order chi connectivity index (χ1) is 8.94. The van der Waals surface area contributed by atoms with Crippen LogP contribution in [0.25, 0.3) is 0 Å². The minimum absolute atomic E-state index is 0.0449. The van der Waals surface area contributed by atoms with Crippen molar-refractivity contribution < 1.29 is 22.6 Å². The Bertz CT molecular complexity index is 499. The van der Waals surface area contributed by atoms with E-state index in [2.05, 4.69) is 26.2 Å². The van der Waals surface area contributed by atoms with Crippen LogP contribution in [0.15, 0.2) is 28.4 Å². The first-order valence-corrected chi connectivity index (χ1v) is 6.38. The van der Waals surface area contributed by atoms with Crippen molar-refractivity contribution in [2.45, 2.75) is 17.2 Å². The first-order valence-electron chi connectivity index (χ1n) is 5.26. The van der Waals surface area contributed by atoms with Gasteiger partial charge in [0.2, 0.25) is 0 Å². The van der Waals surface area contributed by atoms with Crippen molar-refractivity contribution in [3.05, 3.63) is 29.3 Å². The molecule has 0 aliphatic carbocycles. The topological polar surface area (TPSA) is 43.2 Å². The predicted octanol–water partition coefficient (Wildman–Crippen LogP) is 3.75. The van der Waals surface area contributed by atoms with Crippen LogP contribution in [0.4, 0.5) is 13.2 Å². The van der Waals surface area contributed by atoms with E-state index < -0.39 is 11.8 Å². The number of hydrogen-bond acceptors (Lipinski definition) is 4. The Morgan fingerprint density at radius 3 is 2.47 bits per heavy atom. The van der Waals surface area contributed by atoms with Gasteiger partial charge in [-0.15, -0.1) is 10.2 Å². The van der Waals surface area contributed by atoms with Gasteiger partial charge in [0.1, 0.15) is 5.75 Å². The first kappa shape index (κ1) is 14.3. The van der Waals surface area contributed by atoms with Crippen LogP contribution < -0.4 is 4.74 Å². The molecule has 0 spiro atoms. The van der Waals surface area contributed by atoms with Crippen molar-refractivity contribution in [2.75, 3.05) is 13.9 Å². The van der Waals surface area contributed by atoms with Gasteiger partial charge in [-0.05, 0) is 6.07 Å². The van der Waals surface area contributed by atoms with Crippen LogP contribution in [-0.4, -0.2) is 20.1 Å². The second-order valence-corrected chi connectivity index (χ2v) is 4.44. The minimum Gasteiger partial charge on any atom is -0.467 e. The molecule has 104 valence electrons. The van der Waals surface area contributed by atoms with Gasteiger partial charge in [0.05, 0.1) is 0 Å². The zero-order valence-electron chi connectivity index (χ0n) is 9.87. The van der Waals surface area contributed by atoms with Crippen LogP contribution in [0.3, 0.4) is 0 Å². The molecule has 0 saturated carbocycles. The summed E-state index contributed by atoms with van der Waals surface area (Å²) in [5.41, 5.74) is -1.77. The molecule has 1 aromatic carbocycles. The fourth-order valence-corrected chi connectivity index (χ4v) is 2.04. The van der Waals surface area contributed by atoms with E-state index in [1.54, 1.807) is 6.07 Å². The van der Waals surface area contributed by atoms with Gasteiger partial charge in [0, 0.05) is 23.6 Å². The number of nitrogens with zero attached hydrogens (tertiary/aromatic N) is 2. The summed E-state index contributed by atoms with van der Waals surface area (Å²) in [6, 6.07) is 4.19. The quantitative estimate of drug-likeness (QED) is 0.606. The van der Waals surface area contributed by atoms with Crippen molar-refractivity contribution in [1.82, 2.24) is 0 Å². The predicted molar refractivity (Wildman–Crippen MR) is 64.2 cm³/mol. The third-order valence-electron chi connectivity index (χ3n) is 2.64. The lowest BCUT2D eigenvalue weighted by atomic mass is 10.0. The molecule has 0 unspecified atom stereocenters. The summed E-state index contributed by atoms with van der Waals surface area (Å²) >= 11 is 3.24. The van der Waals surface area contributed by atoms with Crippen molar-refractivity contribution in [2.24, 2.45) is 10.2 Å². The highest BCUT2D eigenvalue weighted by Gasteiger charge is 2.65. The third-order valence-corrected chi connectivity index (χ3v) is 3.25. The number of rotatable bonds is 5. The van der Waals surface area contributed by atoms with E-state index in [1.807, 2.05) is 0 Å². The maximum Gasteiger partial charge on any atom is 0.442 e. The van der Waals surface area contributed by atoms with Gasteiger partial charge in [0.25, 0.3) is 0 Å². The Hall–Kier alpha value is -1.15. The molecule has 0 fully saturated rings. The van der Waals surface area contributed by atoms with Crippen molar-refractivity contribution >= 4 is 15.9 Å². The van der Waals surface area contributed by atoms with Crippen LogP contribution in [0.1, 0.15) is 11.1 Å². The lowest BCUT2D eigenvalue weighted by Gasteiger charge is -2.17. The Morgan fingerprint density at radius 2 is 2.00 bits per heavy atom. The van der Waals surface area contributed by atoms with Gasteiger partial charge in [-0.3, -0.25) is 0 Å². The zero-order chi connectivity index (χ0) is 14.1. The van der Waals surface area contributed by atoms with E-state index in [4.69, 9.17) is 9.47 Å². The van der Waals surface area contributed by atoms with Gasteiger partial charge in [0.15, 0.2) is 6.79 Å². The third kappa shape index (κ3) is 2.59. The highest BCUT2D eigenvalue weighted by Crippen LogP contribution is 2.53. The fourth-order valence-electron chi connectivity index (χ4n) is 1.58. The summed E-state index contributed by atoms with van der Waals surface area (Å²) < 4.78 is 48.7. The van der Waals surface area contributed by atoms with Crippen molar-refractivity contribution in [3.63, 3.8) is 0 Å². The SMILES string of the molecule is COCOc1cc(C2(C(F)(F)F)N=N2)ccc1CBr. The van der Waals surface area contributed by atoms with E-state index in [-0.39, 0.29) is 12.4 Å². The Kier molecular flexibility index (Phi) is 3.82. The van der Waals surface area contributed by atoms with Gasteiger partial charge in [-0.25, -0.2) is 0 Å².